The van der Waals surface area contributed by atoms with E-state index in [2.05, 4.69) is 4.74 Å². The monoisotopic (exact) mass is 459 g/mol. The van der Waals surface area contributed by atoms with Gasteiger partial charge in [-0.25, -0.2) is 9.59 Å². The first-order valence-electron chi connectivity index (χ1n) is 10.7. The minimum atomic E-state index is -1.70. The third-order valence-electron chi connectivity index (χ3n) is 5.61. The number of nitrogens with zero attached hydrogens (tertiary/aromatic N) is 1. The number of piperidine rings is 1. The van der Waals surface area contributed by atoms with Gasteiger partial charge in [-0.15, -0.1) is 0 Å². The smallest absolute Gasteiger partial charge is 0.337 e. The fraction of sp³-hybridized carbons (Fsp3) is 0.458. The van der Waals surface area contributed by atoms with Gasteiger partial charge in [0, 0.05) is 5.57 Å². The van der Waals surface area contributed by atoms with Gasteiger partial charge in [-0.1, -0.05) is 32.4 Å². The molecule has 0 spiro atoms. The molecule has 1 aliphatic rings. The van der Waals surface area contributed by atoms with E-state index in [1.54, 1.807) is 26.0 Å². The summed E-state index contributed by atoms with van der Waals surface area (Å²) in [5, 5.41) is 0. The van der Waals surface area contributed by atoms with Gasteiger partial charge in [0.15, 0.2) is 11.7 Å². The van der Waals surface area contributed by atoms with Gasteiger partial charge < -0.3 is 19.1 Å². The van der Waals surface area contributed by atoms with Crippen LogP contribution in [0.5, 0.6) is 0 Å². The van der Waals surface area contributed by atoms with Crippen molar-refractivity contribution in [3.8, 4) is 0 Å². The van der Waals surface area contributed by atoms with Crippen LogP contribution in [0.25, 0.3) is 6.08 Å². The predicted molar refractivity (Wildman–Crippen MR) is 118 cm³/mol. The molecule has 0 aromatic heterocycles. The lowest BCUT2D eigenvalue weighted by atomic mass is 9.86. The maximum absolute atomic E-state index is 13.2. The Bertz CT molecular complexity index is 950. The normalized spacial score (nSPS) is 19.1. The third-order valence-corrected chi connectivity index (χ3v) is 5.61. The summed E-state index contributed by atoms with van der Waals surface area (Å²) in [7, 11) is 2.49. The molecule has 0 N–H and O–H groups in total. The molecule has 1 aliphatic heterocycles. The summed E-state index contributed by atoms with van der Waals surface area (Å²) in [6, 6.07) is 5.32. The average molecular weight is 459 g/mol. The molecule has 2 rings (SSSR count). The topological polar surface area (TPSA) is 116 Å². The Kier molecular flexibility index (Phi) is 8.90. The van der Waals surface area contributed by atoms with E-state index < -0.39 is 41.6 Å². The number of carbonyl (C=O) groups excluding carboxylic acids is 5. The van der Waals surface area contributed by atoms with Crippen LogP contribution in [0, 0.1) is 11.8 Å². The van der Waals surface area contributed by atoms with E-state index in [0.29, 0.717) is 17.5 Å². The Hall–Kier alpha value is -3.49. The second kappa shape index (κ2) is 11.4. The minimum Gasteiger partial charge on any atom is -0.467 e. The van der Waals surface area contributed by atoms with Crippen LogP contribution in [0.2, 0.25) is 0 Å². The standard InChI is InChI=1S/C24H29NO8/c1-6-14(3)19(24(30)32-5)25-13-17(20(26)18(21(25)27)23(29)33-7-2)12-15-8-10-16(11-9-15)22(28)31-4/h8-12,14,18-19H,6-7,13H2,1-5H3/b17-12+. The molecule has 1 saturated heterocycles. The summed E-state index contributed by atoms with van der Waals surface area (Å²) in [5.41, 5.74) is 1.06. The number of benzene rings is 1. The molecule has 9 heteroatoms. The summed E-state index contributed by atoms with van der Waals surface area (Å²) >= 11 is 0. The van der Waals surface area contributed by atoms with Crippen LogP contribution in [0.4, 0.5) is 0 Å². The molecule has 178 valence electrons. The van der Waals surface area contributed by atoms with Crippen molar-refractivity contribution < 1.29 is 38.2 Å². The molecule has 1 heterocycles. The number of methoxy groups -OCH3 is 2. The van der Waals surface area contributed by atoms with Gasteiger partial charge >= 0.3 is 17.9 Å². The highest BCUT2D eigenvalue weighted by atomic mass is 16.5. The van der Waals surface area contributed by atoms with Gasteiger partial charge in [-0.3, -0.25) is 14.4 Å². The van der Waals surface area contributed by atoms with Crippen LogP contribution in [0.1, 0.15) is 43.1 Å². The summed E-state index contributed by atoms with van der Waals surface area (Å²) in [5.74, 6) is -5.54. The van der Waals surface area contributed by atoms with Crippen molar-refractivity contribution in [2.24, 2.45) is 11.8 Å². The Labute approximate surface area is 192 Å². The first kappa shape index (κ1) is 25.8. The van der Waals surface area contributed by atoms with Crippen LogP contribution in [0.15, 0.2) is 29.8 Å². The highest BCUT2D eigenvalue weighted by molar-refractivity contribution is 6.25. The van der Waals surface area contributed by atoms with Crippen molar-refractivity contribution in [2.75, 3.05) is 27.4 Å². The molecule has 3 unspecified atom stereocenters. The minimum absolute atomic E-state index is 0.00424. The number of Topliss-reactive ketones (excluding diaryl/α,β-unsaturated/α-hetero) is 1. The lowest BCUT2D eigenvalue weighted by Gasteiger charge is -2.38. The highest BCUT2D eigenvalue weighted by Gasteiger charge is 2.48. The molecule has 3 atom stereocenters. The number of hydrogen-bond donors (Lipinski definition) is 0. The van der Waals surface area contributed by atoms with Crippen LogP contribution in [-0.2, 0) is 33.4 Å². The average Bonchev–Trinajstić information content (AvgIpc) is 2.81. The van der Waals surface area contributed by atoms with E-state index in [-0.39, 0.29) is 24.6 Å². The third kappa shape index (κ3) is 5.66. The molecular formula is C24H29NO8. The molecule has 1 aromatic rings. The van der Waals surface area contributed by atoms with Crippen molar-refractivity contribution in [2.45, 2.75) is 33.2 Å². The lowest BCUT2D eigenvalue weighted by Crippen LogP contribution is -2.58. The largest absolute Gasteiger partial charge is 0.467 e. The number of likely N-dealkylation sites (tertiary alicyclic amines) is 1. The van der Waals surface area contributed by atoms with Gasteiger partial charge in [0.1, 0.15) is 6.04 Å². The number of rotatable bonds is 8. The lowest BCUT2D eigenvalue weighted by molar-refractivity contribution is -0.166. The molecule has 33 heavy (non-hydrogen) atoms. The highest BCUT2D eigenvalue weighted by Crippen LogP contribution is 2.28. The van der Waals surface area contributed by atoms with Gasteiger partial charge in [-0.2, -0.15) is 0 Å². The number of ketones is 1. The maximum atomic E-state index is 13.2. The summed E-state index contributed by atoms with van der Waals surface area (Å²) < 4.78 is 14.6. The van der Waals surface area contributed by atoms with Gasteiger partial charge in [0.05, 0.1) is 32.9 Å². The number of ether oxygens (including phenoxy) is 3. The SMILES string of the molecule is CCOC(=O)C1C(=O)/C(=C/c2ccc(C(=O)OC)cc2)CN(C(C(=O)OC)C(C)CC)C1=O. The van der Waals surface area contributed by atoms with E-state index in [1.165, 1.54) is 37.3 Å². The predicted octanol–water partition coefficient (Wildman–Crippen LogP) is 2.03. The molecule has 0 saturated carbocycles. The van der Waals surface area contributed by atoms with Crippen LogP contribution < -0.4 is 0 Å². The van der Waals surface area contributed by atoms with Crippen molar-refractivity contribution in [3.05, 3.63) is 41.0 Å². The van der Waals surface area contributed by atoms with E-state index in [0.717, 1.165) is 0 Å². The molecule has 9 nitrogen and oxygen atoms in total. The molecule has 0 bridgehead atoms. The summed E-state index contributed by atoms with van der Waals surface area (Å²) in [6.07, 6.45) is 2.09. The zero-order valence-electron chi connectivity index (χ0n) is 19.5. The zero-order valence-corrected chi connectivity index (χ0v) is 19.5. The van der Waals surface area contributed by atoms with Crippen LogP contribution in [0.3, 0.4) is 0 Å². The van der Waals surface area contributed by atoms with Crippen molar-refractivity contribution in [1.29, 1.82) is 0 Å². The first-order chi connectivity index (χ1) is 15.7. The molecular weight excluding hydrogens is 430 g/mol. The van der Waals surface area contributed by atoms with Crippen molar-refractivity contribution >= 4 is 35.7 Å². The Balaban J connectivity index is 2.53. The van der Waals surface area contributed by atoms with E-state index in [9.17, 15) is 24.0 Å². The first-order valence-corrected chi connectivity index (χ1v) is 10.7. The number of amides is 1. The van der Waals surface area contributed by atoms with Crippen molar-refractivity contribution in [1.82, 2.24) is 4.90 Å². The van der Waals surface area contributed by atoms with Gasteiger partial charge in [0.2, 0.25) is 5.91 Å². The zero-order chi connectivity index (χ0) is 24.7. The number of carbonyl (C=O) groups is 5. The molecule has 0 aliphatic carbocycles. The number of hydrogen-bond acceptors (Lipinski definition) is 8. The quantitative estimate of drug-likeness (QED) is 0.251. The molecule has 1 fully saturated rings. The molecule has 0 radical (unpaired) electrons. The van der Waals surface area contributed by atoms with E-state index in [4.69, 9.17) is 9.47 Å². The second-order valence-electron chi connectivity index (χ2n) is 7.65. The Morgan fingerprint density at radius 3 is 2.24 bits per heavy atom. The Morgan fingerprint density at radius 2 is 1.73 bits per heavy atom. The fourth-order valence-electron chi connectivity index (χ4n) is 3.63. The van der Waals surface area contributed by atoms with E-state index in [1.807, 2.05) is 6.92 Å². The van der Waals surface area contributed by atoms with Crippen LogP contribution >= 0.6 is 0 Å². The fourth-order valence-corrected chi connectivity index (χ4v) is 3.63. The molecule has 1 aromatic carbocycles. The maximum Gasteiger partial charge on any atom is 0.337 e. The van der Waals surface area contributed by atoms with Crippen molar-refractivity contribution in [3.63, 3.8) is 0 Å². The number of esters is 3. The van der Waals surface area contributed by atoms with E-state index >= 15 is 0 Å². The van der Waals surface area contributed by atoms with Crippen LogP contribution in [-0.4, -0.2) is 67.9 Å². The summed E-state index contributed by atoms with van der Waals surface area (Å²) in [4.78, 5) is 64.3. The molecule has 1 amide bonds. The second-order valence-corrected chi connectivity index (χ2v) is 7.65. The Morgan fingerprint density at radius 1 is 1.09 bits per heavy atom. The van der Waals surface area contributed by atoms with Gasteiger partial charge in [0.25, 0.3) is 0 Å². The summed E-state index contributed by atoms with van der Waals surface area (Å²) in [6.45, 7) is 5.05. The van der Waals surface area contributed by atoms with Gasteiger partial charge in [-0.05, 0) is 36.6 Å².